The predicted octanol–water partition coefficient (Wildman–Crippen LogP) is 2.17. The normalized spacial score (nSPS) is 11.8. The van der Waals surface area contributed by atoms with E-state index in [0.717, 1.165) is 17.1 Å². The third-order valence-electron chi connectivity index (χ3n) is 3.13. The minimum atomic E-state index is -0.105. The number of nitrogens with one attached hydrogen (secondary N) is 2. The van der Waals surface area contributed by atoms with Crippen LogP contribution in [0.4, 0.5) is 5.95 Å². The molecule has 0 aliphatic rings. The highest BCUT2D eigenvalue weighted by Crippen LogP contribution is 2.08. The van der Waals surface area contributed by atoms with Crippen molar-refractivity contribution in [3.63, 3.8) is 0 Å². The number of amides is 1. The van der Waals surface area contributed by atoms with Crippen molar-refractivity contribution in [3.05, 3.63) is 47.5 Å². The van der Waals surface area contributed by atoms with Crippen molar-refractivity contribution in [1.82, 2.24) is 20.3 Å². The summed E-state index contributed by atoms with van der Waals surface area (Å²) in [6.45, 7) is 6.24. The Morgan fingerprint density at radius 1 is 1.23 bits per heavy atom. The maximum atomic E-state index is 11.9. The number of carbonyl (C=O) groups is 1. The van der Waals surface area contributed by atoms with Crippen molar-refractivity contribution in [1.29, 1.82) is 0 Å². The fraction of sp³-hybridized carbons (Fsp3) is 0.375. The van der Waals surface area contributed by atoms with Gasteiger partial charge in [-0.05, 0) is 39.0 Å². The summed E-state index contributed by atoms with van der Waals surface area (Å²) < 4.78 is 0. The first-order chi connectivity index (χ1) is 10.5. The van der Waals surface area contributed by atoms with Gasteiger partial charge in [-0.25, -0.2) is 9.97 Å². The second-order valence-electron chi connectivity index (χ2n) is 5.19. The first kappa shape index (κ1) is 15.9. The van der Waals surface area contributed by atoms with Gasteiger partial charge in [0, 0.05) is 30.6 Å². The average molecular weight is 299 g/mol. The molecule has 1 atom stereocenters. The van der Waals surface area contributed by atoms with Gasteiger partial charge in [0.25, 0.3) is 0 Å². The Kier molecular flexibility index (Phi) is 5.41. The number of carbonyl (C=O) groups excluding carboxylic acids is 1. The second-order valence-corrected chi connectivity index (χ2v) is 5.19. The molecule has 0 aliphatic heterocycles. The molecular weight excluding hydrogens is 278 g/mol. The van der Waals surface area contributed by atoms with Crippen LogP contribution >= 0.6 is 0 Å². The zero-order chi connectivity index (χ0) is 15.9. The Morgan fingerprint density at radius 2 is 1.95 bits per heavy atom. The van der Waals surface area contributed by atoms with Crippen molar-refractivity contribution < 1.29 is 4.79 Å². The van der Waals surface area contributed by atoms with Crippen LogP contribution in [0, 0.1) is 13.8 Å². The van der Waals surface area contributed by atoms with Crippen LogP contribution in [-0.4, -0.2) is 27.4 Å². The lowest BCUT2D eigenvalue weighted by atomic mass is 10.2. The number of aromatic nitrogens is 3. The molecule has 116 valence electrons. The number of hydrogen-bond acceptors (Lipinski definition) is 5. The Hall–Kier alpha value is -2.50. The fourth-order valence-corrected chi connectivity index (χ4v) is 2.11. The zero-order valence-corrected chi connectivity index (χ0v) is 13.1. The molecule has 0 saturated heterocycles. The summed E-state index contributed by atoms with van der Waals surface area (Å²) in [5.74, 6) is 0.526. The van der Waals surface area contributed by atoms with Crippen LogP contribution in [0.3, 0.4) is 0 Å². The third-order valence-corrected chi connectivity index (χ3v) is 3.13. The maximum absolute atomic E-state index is 11.9. The number of anilines is 1. The molecule has 2 aromatic heterocycles. The lowest BCUT2D eigenvalue weighted by Crippen LogP contribution is -2.28. The van der Waals surface area contributed by atoms with Gasteiger partial charge >= 0.3 is 0 Å². The van der Waals surface area contributed by atoms with E-state index < -0.39 is 0 Å². The van der Waals surface area contributed by atoms with Gasteiger partial charge in [-0.15, -0.1) is 0 Å². The third kappa shape index (κ3) is 4.80. The molecule has 0 aliphatic carbocycles. The highest BCUT2D eigenvalue weighted by Gasteiger charge is 2.10. The molecule has 0 spiro atoms. The lowest BCUT2D eigenvalue weighted by Gasteiger charge is -2.13. The van der Waals surface area contributed by atoms with E-state index in [1.165, 1.54) is 0 Å². The number of hydrogen-bond donors (Lipinski definition) is 2. The molecule has 6 nitrogen and oxygen atoms in total. The van der Waals surface area contributed by atoms with E-state index in [2.05, 4.69) is 25.6 Å². The first-order valence-corrected chi connectivity index (χ1v) is 7.31. The minimum absolute atomic E-state index is 0.0324. The summed E-state index contributed by atoms with van der Waals surface area (Å²) in [7, 11) is 0. The minimum Gasteiger partial charge on any atom is -0.354 e. The Bertz CT molecular complexity index is 609. The molecule has 0 fully saturated rings. The molecule has 2 heterocycles. The summed E-state index contributed by atoms with van der Waals surface area (Å²) in [5, 5.41) is 5.99. The van der Waals surface area contributed by atoms with Crippen LogP contribution in [0.5, 0.6) is 0 Å². The summed E-state index contributed by atoms with van der Waals surface area (Å²) >= 11 is 0. The van der Waals surface area contributed by atoms with Crippen molar-refractivity contribution in [2.24, 2.45) is 0 Å². The topological polar surface area (TPSA) is 79.8 Å². The Labute approximate surface area is 130 Å². The SMILES string of the molecule is Cc1cc(C)nc(NCCC(=O)N[C@@H](C)c2ccccn2)n1. The summed E-state index contributed by atoms with van der Waals surface area (Å²) in [4.78, 5) is 24.7. The molecule has 0 unspecified atom stereocenters. The average Bonchev–Trinajstić information content (AvgIpc) is 2.47. The van der Waals surface area contributed by atoms with Gasteiger partial charge in [-0.2, -0.15) is 0 Å². The van der Waals surface area contributed by atoms with Gasteiger partial charge in [0.05, 0.1) is 11.7 Å². The van der Waals surface area contributed by atoms with Crippen LogP contribution in [0.15, 0.2) is 30.5 Å². The quantitative estimate of drug-likeness (QED) is 0.854. The molecule has 0 aromatic carbocycles. The van der Waals surface area contributed by atoms with Crippen LogP contribution < -0.4 is 10.6 Å². The van der Waals surface area contributed by atoms with Gasteiger partial charge in [-0.3, -0.25) is 9.78 Å². The van der Waals surface area contributed by atoms with E-state index in [-0.39, 0.29) is 11.9 Å². The van der Waals surface area contributed by atoms with E-state index >= 15 is 0 Å². The molecule has 6 heteroatoms. The summed E-state index contributed by atoms with van der Waals surface area (Å²) in [6, 6.07) is 7.46. The fourth-order valence-electron chi connectivity index (χ4n) is 2.11. The molecule has 2 aromatic rings. The molecule has 2 rings (SSSR count). The van der Waals surface area contributed by atoms with E-state index in [1.807, 2.05) is 45.0 Å². The van der Waals surface area contributed by atoms with E-state index in [9.17, 15) is 4.79 Å². The van der Waals surface area contributed by atoms with E-state index in [4.69, 9.17) is 0 Å². The highest BCUT2D eigenvalue weighted by molar-refractivity contribution is 5.76. The van der Waals surface area contributed by atoms with Crippen molar-refractivity contribution in [3.8, 4) is 0 Å². The molecule has 0 saturated carbocycles. The van der Waals surface area contributed by atoms with Crippen LogP contribution in [0.1, 0.15) is 36.5 Å². The maximum Gasteiger partial charge on any atom is 0.223 e. The predicted molar refractivity (Wildman–Crippen MR) is 85.4 cm³/mol. The number of pyridine rings is 1. The van der Waals surface area contributed by atoms with Crippen LogP contribution in [0.2, 0.25) is 0 Å². The van der Waals surface area contributed by atoms with Gasteiger partial charge in [-0.1, -0.05) is 6.07 Å². The Balaban J connectivity index is 1.78. The molecule has 0 radical (unpaired) electrons. The second kappa shape index (κ2) is 7.49. The molecular formula is C16H21N5O. The lowest BCUT2D eigenvalue weighted by molar-refractivity contribution is -0.121. The van der Waals surface area contributed by atoms with E-state index in [0.29, 0.717) is 18.9 Å². The summed E-state index contributed by atoms with van der Waals surface area (Å²) in [5.41, 5.74) is 2.66. The van der Waals surface area contributed by atoms with Crippen LogP contribution in [0.25, 0.3) is 0 Å². The number of aryl methyl sites for hydroxylation is 2. The molecule has 2 N–H and O–H groups in total. The van der Waals surface area contributed by atoms with Gasteiger partial charge in [0.2, 0.25) is 11.9 Å². The van der Waals surface area contributed by atoms with Crippen molar-refractivity contribution in [2.75, 3.05) is 11.9 Å². The summed E-state index contributed by atoms with van der Waals surface area (Å²) in [6.07, 6.45) is 2.07. The standard InChI is InChI=1S/C16H21N5O/c1-11-10-12(2)20-16(19-11)18-9-7-15(22)21-13(3)14-6-4-5-8-17-14/h4-6,8,10,13H,7,9H2,1-3H3,(H,21,22)(H,18,19,20)/t13-/m0/s1. The van der Waals surface area contributed by atoms with Gasteiger partial charge < -0.3 is 10.6 Å². The zero-order valence-electron chi connectivity index (χ0n) is 13.1. The largest absolute Gasteiger partial charge is 0.354 e. The smallest absolute Gasteiger partial charge is 0.223 e. The highest BCUT2D eigenvalue weighted by atomic mass is 16.1. The van der Waals surface area contributed by atoms with Crippen LogP contribution in [-0.2, 0) is 4.79 Å². The van der Waals surface area contributed by atoms with Gasteiger partial charge in [0.15, 0.2) is 0 Å². The van der Waals surface area contributed by atoms with E-state index in [1.54, 1.807) is 6.20 Å². The molecule has 0 bridgehead atoms. The monoisotopic (exact) mass is 299 g/mol. The number of nitrogens with zero attached hydrogens (tertiary/aromatic N) is 3. The first-order valence-electron chi connectivity index (χ1n) is 7.31. The molecule has 22 heavy (non-hydrogen) atoms. The van der Waals surface area contributed by atoms with Gasteiger partial charge in [0.1, 0.15) is 0 Å². The Morgan fingerprint density at radius 3 is 2.59 bits per heavy atom. The van der Waals surface area contributed by atoms with Crippen molar-refractivity contribution in [2.45, 2.75) is 33.2 Å². The molecule has 1 amide bonds. The number of rotatable bonds is 6. The van der Waals surface area contributed by atoms with Crippen molar-refractivity contribution >= 4 is 11.9 Å².